The molecule has 2 aliphatic rings. The highest BCUT2D eigenvalue weighted by molar-refractivity contribution is 5.98. The van der Waals surface area contributed by atoms with E-state index in [0.717, 1.165) is 16.5 Å². The van der Waals surface area contributed by atoms with Crippen molar-refractivity contribution < 1.29 is 13.9 Å². The minimum absolute atomic E-state index is 0.297. The molecular weight excluding hydrogens is 347 g/mol. The lowest BCUT2D eigenvalue weighted by Gasteiger charge is -2.09. The maximum atomic E-state index is 13.0. The number of alkyl halides is 1. The summed E-state index contributed by atoms with van der Waals surface area (Å²) in [6.07, 6.45) is 5.30. The van der Waals surface area contributed by atoms with Crippen molar-refractivity contribution >= 4 is 22.8 Å². The highest BCUT2D eigenvalue weighted by Gasteiger charge is 2.43. The van der Waals surface area contributed by atoms with Crippen LogP contribution >= 0.6 is 0 Å². The first-order chi connectivity index (χ1) is 13.2. The van der Waals surface area contributed by atoms with Crippen molar-refractivity contribution in [1.82, 2.24) is 15.0 Å². The standard InChI is InChI=1S/C20H19FN4O2/c21-16-8-14(16)19(26)25-17-6-5-12-15(9-23-18(12)24-17)13-2-1-7-22-20(13)27-10-11-3-4-11/h1-2,5-7,9,11,14,16H,3-4,8,10H2,(H2,23,24,25,26). The fourth-order valence-corrected chi connectivity index (χ4v) is 3.14. The van der Waals surface area contributed by atoms with Crippen LogP contribution in [0, 0.1) is 11.8 Å². The highest BCUT2D eigenvalue weighted by atomic mass is 19.1. The van der Waals surface area contributed by atoms with Crippen LogP contribution in [0.5, 0.6) is 5.88 Å². The number of carbonyl (C=O) groups excluding carboxylic acids is 1. The predicted octanol–water partition coefficient (Wildman–Crippen LogP) is 3.71. The lowest BCUT2D eigenvalue weighted by atomic mass is 10.1. The van der Waals surface area contributed by atoms with Gasteiger partial charge in [0.15, 0.2) is 0 Å². The van der Waals surface area contributed by atoms with E-state index in [0.29, 0.717) is 36.3 Å². The Labute approximate surface area is 155 Å². The summed E-state index contributed by atoms with van der Waals surface area (Å²) in [7, 11) is 0. The SMILES string of the molecule is O=C(Nc1ccc2c(-c3cccnc3OCC3CC3)c[nH]c2n1)C1CC1F. The number of halogens is 1. The van der Waals surface area contributed by atoms with E-state index in [1.165, 1.54) is 12.8 Å². The second-order valence-corrected chi connectivity index (χ2v) is 7.25. The molecule has 0 aliphatic heterocycles. The van der Waals surface area contributed by atoms with Crippen LogP contribution in [0.4, 0.5) is 10.2 Å². The second-order valence-electron chi connectivity index (χ2n) is 7.25. The molecule has 0 bridgehead atoms. The Hall–Kier alpha value is -2.96. The fourth-order valence-electron chi connectivity index (χ4n) is 3.14. The Morgan fingerprint density at radius 2 is 2.15 bits per heavy atom. The van der Waals surface area contributed by atoms with E-state index in [9.17, 15) is 9.18 Å². The Bertz CT molecular complexity index is 1010. The molecule has 27 heavy (non-hydrogen) atoms. The van der Waals surface area contributed by atoms with Gasteiger partial charge in [-0.2, -0.15) is 0 Å². The summed E-state index contributed by atoms with van der Waals surface area (Å²) < 4.78 is 18.9. The number of ether oxygens (including phenoxy) is 1. The zero-order valence-electron chi connectivity index (χ0n) is 14.6. The van der Waals surface area contributed by atoms with Gasteiger partial charge in [-0.1, -0.05) is 0 Å². The number of pyridine rings is 2. The quantitative estimate of drug-likeness (QED) is 0.697. The summed E-state index contributed by atoms with van der Waals surface area (Å²) in [6, 6.07) is 7.47. The van der Waals surface area contributed by atoms with Crippen molar-refractivity contribution in [2.24, 2.45) is 11.8 Å². The topological polar surface area (TPSA) is 79.9 Å². The summed E-state index contributed by atoms with van der Waals surface area (Å²) in [5, 5.41) is 3.59. The van der Waals surface area contributed by atoms with Gasteiger partial charge in [0, 0.05) is 28.9 Å². The molecule has 3 aromatic heterocycles. The van der Waals surface area contributed by atoms with Crippen molar-refractivity contribution in [1.29, 1.82) is 0 Å². The molecule has 138 valence electrons. The lowest BCUT2D eigenvalue weighted by molar-refractivity contribution is -0.117. The summed E-state index contributed by atoms with van der Waals surface area (Å²) >= 11 is 0. The van der Waals surface area contributed by atoms with Gasteiger partial charge >= 0.3 is 0 Å². The van der Waals surface area contributed by atoms with Crippen LogP contribution in [-0.2, 0) is 4.79 Å². The summed E-state index contributed by atoms with van der Waals surface area (Å²) in [6.45, 7) is 0.692. The maximum absolute atomic E-state index is 13.0. The van der Waals surface area contributed by atoms with Crippen LogP contribution in [0.25, 0.3) is 22.2 Å². The normalized spacial score (nSPS) is 21.2. The Balaban J connectivity index is 1.42. The molecule has 1 amide bonds. The van der Waals surface area contributed by atoms with Gasteiger partial charge in [0.2, 0.25) is 11.8 Å². The monoisotopic (exact) mass is 366 g/mol. The minimum Gasteiger partial charge on any atom is -0.477 e. The van der Waals surface area contributed by atoms with Crippen molar-refractivity contribution in [2.45, 2.75) is 25.4 Å². The van der Waals surface area contributed by atoms with Crippen LogP contribution in [0.3, 0.4) is 0 Å². The number of hydrogen-bond acceptors (Lipinski definition) is 4. The number of aromatic amines is 1. The Morgan fingerprint density at radius 1 is 1.30 bits per heavy atom. The zero-order valence-corrected chi connectivity index (χ0v) is 14.6. The number of aromatic nitrogens is 3. The molecule has 3 heterocycles. The molecule has 2 atom stereocenters. The number of anilines is 1. The number of nitrogens with one attached hydrogen (secondary N) is 2. The molecule has 6 nitrogen and oxygen atoms in total. The van der Waals surface area contributed by atoms with Crippen molar-refractivity contribution in [3.05, 3.63) is 36.7 Å². The molecule has 0 saturated heterocycles. The molecule has 0 spiro atoms. The van der Waals surface area contributed by atoms with Crippen LogP contribution in [0.15, 0.2) is 36.7 Å². The van der Waals surface area contributed by atoms with Gasteiger partial charge in [0.1, 0.15) is 17.6 Å². The van der Waals surface area contributed by atoms with Crippen LogP contribution in [-0.4, -0.2) is 33.6 Å². The van der Waals surface area contributed by atoms with E-state index in [1.807, 2.05) is 24.4 Å². The molecule has 5 rings (SSSR count). The van der Waals surface area contributed by atoms with E-state index < -0.39 is 12.1 Å². The number of hydrogen-bond donors (Lipinski definition) is 2. The van der Waals surface area contributed by atoms with Crippen molar-refractivity contribution in [3.8, 4) is 17.0 Å². The summed E-state index contributed by atoms with van der Waals surface area (Å²) in [5.41, 5.74) is 2.49. The van der Waals surface area contributed by atoms with Gasteiger partial charge in [0.25, 0.3) is 0 Å². The van der Waals surface area contributed by atoms with E-state index >= 15 is 0 Å². The van der Waals surface area contributed by atoms with Gasteiger partial charge in [-0.3, -0.25) is 4.79 Å². The van der Waals surface area contributed by atoms with Gasteiger partial charge < -0.3 is 15.0 Å². The fraction of sp³-hybridized carbons (Fsp3) is 0.350. The third-order valence-electron chi connectivity index (χ3n) is 5.05. The Kier molecular flexibility index (Phi) is 3.81. The number of amides is 1. The molecule has 0 aromatic carbocycles. The molecular formula is C20H19FN4O2. The molecule has 3 aromatic rings. The third-order valence-corrected chi connectivity index (χ3v) is 5.05. The average Bonchev–Trinajstić information content (AvgIpc) is 3.59. The van der Waals surface area contributed by atoms with E-state index in [1.54, 1.807) is 12.3 Å². The lowest BCUT2D eigenvalue weighted by Crippen LogP contribution is -2.15. The third kappa shape index (κ3) is 3.25. The van der Waals surface area contributed by atoms with Gasteiger partial charge in [-0.05, 0) is 49.4 Å². The molecule has 7 heteroatoms. The molecule has 2 fully saturated rings. The number of nitrogens with zero attached hydrogens (tertiary/aromatic N) is 2. The molecule has 2 N–H and O–H groups in total. The summed E-state index contributed by atoms with van der Waals surface area (Å²) in [5.74, 6) is 0.820. The van der Waals surface area contributed by atoms with E-state index in [-0.39, 0.29) is 5.91 Å². The summed E-state index contributed by atoms with van der Waals surface area (Å²) in [4.78, 5) is 23.9. The smallest absolute Gasteiger partial charge is 0.231 e. The van der Waals surface area contributed by atoms with Gasteiger partial charge in [-0.15, -0.1) is 0 Å². The van der Waals surface area contributed by atoms with Gasteiger partial charge in [-0.25, -0.2) is 14.4 Å². The second kappa shape index (κ2) is 6.33. The molecule has 0 radical (unpaired) electrons. The number of H-pyrrole nitrogens is 1. The largest absolute Gasteiger partial charge is 0.477 e. The zero-order chi connectivity index (χ0) is 18.4. The number of rotatable bonds is 6. The van der Waals surface area contributed by atoms with Crippen LogP contribution in [0.2, 0.25) is 0 Å². The molecule has 2 aliphatic carbocycles. The molecule has 2 saturated carbocycles. The maximum Gasteiger partial charge on any atom is 0.231 e. The minimum atomic E-state index is -1.02. The van der Waals surface area contributed by atoms with E-state index in [2.05, 4.69) is 20.3 Å². The highest BCUT2D eigenvalue weighted by Crippen LogP contribution is 2.37. The molecule has 2 unspecified atom stereocenters. The van der Waals surface area contributed by atoms with Gasteiger partial charge in [0.05, 0.1) is 12.5 Å². The number of carbonyl (C=O) groups is 1. The van der Waals surface area contributed by atoms with Crippen LogP contribution in [0.1, 0.15) is 19.3 Å². The van der Waals surface area contributed by atoms with E-state index in [4.69, 9.17) is 4.74 Å². The first-order valence-electron chi connectivity index (χ1n) is 9.20. The predicted molar refractivity (Wildman–Crippen MR) is 99.2 cm³/mol. The first-order valence-corrected chi connectivity index (χ1v) is 9.20. The number of fused-ring (bicyclic) bond motifs is 1. The van der Waals surface area contributed by atoms with Crippen LogP contribution < -0.4 is 10.1 Å². The average molecular weight is 366 g/mol. The van der Waals surface area contributed by atoms with Crippen molar-refractivity contribution in [2.75, 3.05) is 11.9 Å². The van der Waals surface area contributed by atoms with Crippen molar-refractivity contribution in [3.63, 3.8) is 0 Å². The first kappa shape index (κ1) is 16.2. The Morgan fingerprint density at radius 3 is 2.93 bits per heavy atom.